The van der Waals surface area contributed by atoms with Crippen LogP contribution < -0.4 is 4.74 Å². The maximum Gasteiger partial charge on any atom is 0.215 e. The molecule has 0 aliphatic rings. The molecule has 20 heavy (non-hydrogen) atoms. The molecule has 3 aromatic rings. The van der Waals surface area contributed by atoms with Gasteiger partial charge in [0.05, 0.1) is 18.7 Å². The van der Waals surface area contributed by atoms with Crippen LogP contribution in [0.5, 0.6) is 5.88 Å². The molecule has 0 aliphatic heterocycles. The Morgan fingerprint density at radius 3 is 2.65 bits per heavy atom. The number of hydrogen-bond donors (Lipinski definition) is 0. The number of ether oxygens (including phenoxy) is 1. The molecule has 0 bridgehead atoms. The summed E-state index contributed by atoms with van der Waals surface area (Å²) >= 11 is 6.04. The monoisotopic (exact) mass is 287 g/mol. The number of nitrogens with zero attached hydrogens (tertiary/aromatic N) is 3. The van der Waals surface area contributed by atoms with Crippen molar-refractivity contribution in [2.75, 3.05) is 7.11 Å². The van der Waals surface area contributed by atoms with E-state index in [2.05, 4.69) is 23.0 Å². The third kappa shape index (κ3) is 2.02. The van der Waals surface area contributed by atoms with Crippen LogP contribution in [0.1, 0.15) is 11.4 Å². The van der Waals surface area contributed by atoms with Crippen LogP contribution in [0.4, 0.5) is 0 Å². The van der Waals surface area contributed by atoms with E-state index < -0.39 is 0 Å². The van der Waals surface area contributed by atoms with Gasteiger partial charge in [0.15, 0.2) is 5.65 Å². The Morgan fingerprint density at radius 1 is 1.15 bits per heavy atom. The van der Waals surface area contributed by atoms with Gasteiger partial charge in [0.1, 0.15) is 11.3 Å². The normalized spacial score (nSPS) is 10.9. The van der Waals surface area contributed by atoms with Crippen LogP contribution in [-0.4, -0.2) is 21.6 Å². The molecule has 1 aromatic carbocycles. The van der Waals surface area contributed by atoms with Crippen molar-refractivity contribution >= 4 is 22.8 Å². The number of fused-ring (bicyclic) bond motifs is 1. The van der Waals surface area contributed by atoms with E-state index in [1.807, 2.05) is 28.8 Å². The Labute approximate surface area is 122 Å². The fourth-order valence-corrected chi connectivity index (χ4v) is 2.44. The van der Waals surface area contributed by atoms with Crippen molar-refractivity contribution in [1.29, 1.82) is 0 Å². The molecule has 0 saturated heterocycles. The molecule has 0 amide bonds. The summed E-state index contributed by atoms with van der Waals surface area (Å²) in [5.74, 6) is 1.66. The molecule has 0 unspecified atom stereocenters. The molecule has 102 valence electrons. The van der Waals surface area contributed by atoms with Gasteiger partial charge < -0.3 is 4.74 Å². The Morgan fingerprint density at radius 2 is 1.95 bits per heavy atom. The third-order valence-electron chi connectivity index (χ3n) is 3.23. The van der Waals surface area contributed by atoms with Gasteiger partial charge in [0, 0.05) is 6.07 Å². The largest absolute Gasteiger partial charge is 0.481 e. The highest BCUT2D eigenvalue weighted by Gasteiger charge is 2.15. The lowest BCUT2D eigenvalue weighted by Crippen LogP contribution is -2.02. The third-order valence-corrected chi connectivity index (χ3v) is 3.47. The quantitative estimate of drug-likeness (QED) is 0.693. The molecule has 5 heteroatoms. The standard InChI is InChI=1S/C15H14ClN3O/c1-10-5-3-4-6-12(10)19-13(9-16)17-11-7-8-14(20-2)18-15(11)19/h3-8H,9H2,1-2H3. The van der Waals surface area contributed by atoms with Gasteiger partial charge in [-0.05, 0) is 24.6 Å². The maximum absolute atomic E-state index is 6.04. The summed E-state index contributed by atoms with van der Waals surface area (Å²) in [7, 11) is 1.60. The van der Waals surface area contributed by atoms with Gasteiger partial charge in [0.2, 0.25) is 5.88 Å². The van der Waals surface area contributed by atoms with Crippen LogP contribution in [0.15, 0.2) is 36.4 Å². The zero-order chi connectivity index (χ0) is 14.1. The van der Waals surface area contributed by atoms with Gasteiger partial charge in [-0.3, -0.25) is 4.57 Å². The Balaban J connectivity index is 2.35. The minimum Gasteiger partial charge on any atom is -0.481 e. The molecule has 0 saturated carbocycles. The van der Waals surface area contributed by atoms with E-state index in [1.165, 1.54) is 0 Å². The van der Waals surface area contributed by atoms with E-state index in [0.29, 0.717) is 11.8 Å². The summed E-state index contributed by atoms with van der Waals surface area (Å²) in [5.41, 5.74) is 3.74. The number of hydrogen-bond acceptors (Lipinski definition) is 3. The molecule has 0 radical (unpaired) electrons. The van der Waals surface area contributed by atoms with E-state index in [4.69, 9.17) is 16.3 Å². The van der Waals surface area contributed by atoms with Crippen LogP contribution in [-0.2, 0) is 5.88 Å². The summed E-state index contributed by atoms with van der Waals surface area (Å²) in [5, 5.41) is 0. The van der Waals surface area contributed by atoms with Gasteiger partial charge in [-0.1, -0.05) is 18.2 Å². The summed E-state index contributed by atoms with van der Waals surface area (Å²) in [6.45, 7) is 2.05. The van der Waals surface area contributed by atoms with Crippen molar-refractivity contribution in [2.45, 2.75) is 12.8 Å². The SMILES string of the molecule is COc1ccc2nc(CCl)n(-c3ccccc3C)c2n1. The smallest absolute Gasteiger partial charge is 0.215 e. The number of benzene rings is 1. The number of aryl methyl sites for hydroxylation is 1. The molecular formula is C15H14ClN3O. The maximum atomic E-state index is 6.04. The molecule has 2 aromatic heterocycles. The molecule has 0 N–H and O–H groups in total. The van der Waals surface area contributed by atoms with Crippen LogP contribution in [0.3, 0.4) is 0 Å². The zero-order valence-electron chi connectivity index (χ0n) is 11.3. The number of pyridine rings is 1. The number of imidazole rings is 1. The first-order valence-electron chi connectivity index (χ1n) is 6.29. The van der Waals surface area contributed by atoms with Crippen molar-refractivity contribution in [1.82, 2.24) is 14.5 Å². The fraction of sp³-hybridized carbons (Fsp3) is 0.200. The number of methoxy groups -OCH3 is 1. The fourth-order valence-electron chi connectivity index (χ4n) is 2.26. The van der Waals surface area contributed by atoms with Gasteiger partial charge >= 0.3 is 0 Å². The van der Waals surface area contributed by atoms with Crippen molar-refractivity contribution in [3.05, 3.63) is 47.8 Å². The summed E-state index contributed by atoms with van der Waals surface area (Å²) in [6, 6.07) is 11.8. The molecule has 0 aliphatic carbocycles. The van der Waals surface area contributed by atoms with E-state index in [-0.39, 0.29) is 0 Å². The van der Waals surface area contributed by atoms with Crippen molar-refractivity contribution in [3.8, 4) is 11.6 Å². The van der Waals surface area contributed by atoms with Crippen LogP contribution >= 0.6 is 11.6 Å². The lowest BCUT2D eigenvalue weighted by Gasteiger charge is -2.10. The predicted octanol–water partition coefficient (Wildman–Crippen LogP) is 3.48. The second-order valence-corrected chi connectivity index (χ2v) is 4.75. The number of para-hydroxylation sites is 1. The number of rotatable bonds is 3. The second kappa shape index (κ2) is 5.13. The van der Waals surface area contributed by atoms with Crippen LogP contribution in [0.25, 0.3) is 16.9 Å². The van der Waals surface area contributed by atoms with Crippen molar-refractivity contribution in [2.24, 2.45) is 0 Å². The summed E-state index contributed by atoms with van der Waals surface area (Å²) in [4.78, 5) is 9.04. The molecule has 0 fully saturated rings. The first-order chi connectivity index (χ1) is 9.74. The van der Waals surface area contributed by atoms with Crippen LogP contribution in [0.2, 0.25) is 0 Å². The highest BCUT2D eigenvalue weighted by Crippen LogP contribution is 2.25. The Kier molecular flexibility index (Phi) is 3.32. The van der Waals surface area contributed by atoms with Gasteiger partial charge in [0.25, 0.3) is 0 Å². The highest BCUT2D eigenvalue weighted by molar-refractivity contribution is 6.16. The van der Waals surface area contributed by atoms with Crippen molar-refractivity contribution < 1.29 is 4.74 Å². The number of alkyl halides is 1. The molecule has 0 spiro atoms. The molecule has 3 rings (SSSR count). The zero-order valence-corrected chi connectivity index (χ0v) is 12.1. The van der Waals surface area contributed by atoms with Crippen molar-refractivity contribution in [3.63, 3.8) is 0 Å². The molecule has 4 nitrogen and oxygen atoms in total. The van der Waals surface area contributed by atoms with E-state index in [1.54, 1.807) is 13.2 Å². The van der Waals surface area contributed by atoms with Gasteiger partial charge in [-0.2, -0.15) is 4.98 Å². The average molecular weight is 288 g/mol. The highest BCUT2D eigenvalue weighted by atomic mass is 35.5. The topological polar surface area (TPSA) is 39.9 Å². The molecule has 2 heterocycles. The first kappa shape index (κ1) is 12.9. The van der Waals surface area contributed by atoms with Gasteiger partial charge in [-0.25, -0.2) is 4.98 Å². The second-order valence-electron chi connectivity index (χ2n) is 4.48. The van der Waals surface area contributed by atoms with Crippen LogP contribution in [0, 0.1) is 6.92 Å². The minimum absolute atomic E-state index is 0.326. The van der Waals surface area contributed by atoms with E-state index >= 15 is 0 Å². The number of halogens is 1. The predicted molar refractivity (Wildman–Crippen MR) is 79.7 cm³/mol. The Hall–Kier alpha value is -2.07. The Bertz CT molecular complexity index is 767. The van der Waals surface area contributed by atoms with Gasteiger partial charge in [-0.15, -0.1) is 11.6 Å². The molecular weight excluding hydrogens is 274 g/mol. The number of aromatic nitrogens is 3. The molecule has 0 atom stereocenters. The first-order valence-corrected chi connectivity index (χ1v) is 6.82. The van der Waals surface area contributed by atoms with E-state index in [9.17, 15) is 0 Å². The lowest BCUT2D eigenvalue weighted by atomic mass is 10.2. The lowest BCUT2D eigenvalue weighted by molar-refractivity contribution is 0.399. The summed E-state index contributed by atoms with van der Waals surface area (Å²) in [6.07, 6.45) is 0. The van der Waals surface area contributed by atoms with E-state index in [0.717, 1.165) is 28.2 Å². The average Bonchev–Trinajstić information content (AvgIpc) is 2.85. The summed E-state index contributed by atoms with van der Waals surface area (Å²) < 4.78 is 7.19. The minimum atomic E-state index is 0.326.